The highest BCUT2D eigenvalue weighted by Gasteiger charge is 2.33. The van der Waals surface area contributed by atoms with E-state index in [1.54, 1.807) is 39.0 Å². The van der Waals surface area contributed by atoms with Crippen LogP contribution in [0.25, 0.3) is 0 Å². The molecule has 0 aliphatic carbocycles. The largest absolute Gasteiger partial charge is 0.480 e. The molecule has 2 N–H and O–H groups in total. The molecule has 21 heavy (non-hydrogen) atoms. The van der Waals surface area contributed by atoms with E-state index in [9.17, 15) is 19.1 Å². The van der Waals surface area contributed by atoms with Gasteiger partial charge in [0.25, 0.3) is 0 Å². The first kappa shape index (κ1) is 16.9. The van der Waals surface area contributed by atoms with Crippen LogP contribution in [0.3, 0.4) is 0 Å². The summed E-state index contributed by atoms with van der Waals surface area (Å²) in [6.45, 7) is 5.24. The Balaban J connectivity index is 2.75. The number of carbonyl (C=O) groups is 2. The van der Waals surface area contributed by atoms with Gasteiger partial charge in [0.15, 0.2) is 0 Å². The van der Waals surface area contributed by atoms with Gasteiger partial charge in [0, 0.05) is 19.2 Å². The fraction of sp³-hybridized carbons (Fsp3) is 0.467. The van der Waals surface area contributed by atoms with E-state index in [0.29, 0.717) is 5.56 Å². The van der Waals surface area contributed by atoms with Gasteiger partial charge in [-0.2, -0.15) is 0 Å². The molecule has 5 nitrogen and oxygen atoms in total. The second-order valence-electron chi connectivity index (χ2n) is 6.03. The Morgan fingerprint density at radius 2 is 1.90 bits per heavy atom. The zero-order chi connectivity index (χ0) is 16.2. The standard InChI is InChI=1S/C15H21FN2O3/c1-15(2,3)12(13(19)20)17-14(21)18(4)9-10-7-5-6-8-11(10)16/h5-8,12H,9H2,1-4H3,(H,17,21)(H,19,20). The van der Waals surface area contributed by atoms with Crippen LogP contribution in [-0.2, 0) is 11.3 Å². The van der Waals surface area contributed by atoms with E-state index in [-0.39, 0.29) is 6.54 Å². The summed E-state index contributed by atoms with van der Waals surface area (Å²) in [6.07, 6.45) is 0. The SMILES string of the molecule is CN(Cc1ccccc1F)C(=O)NC(C(=O)O)C(C)(C)C. The van der Waals surface area contributed by atoms with E-state index in [1.165, 1.54) is 18.0 Å². The molecule has 1 aromatic rings. The summed E-state index contributed by atoms with van der Waals surface area (Å²) in [5.74, 6) is -1.50. The minimum atomic E-state index is -1.10. The topological polar surface area (TPSA) is 69.6 Å². The third-order valence-electron chi connectivity index (χ3n) is 3.09. The molecule has 1 rings (SSSR count). The Morgan fingerprint density at radius 1 is 1.33 bits per heavy atom. The number of benzene rings is 1. The van der Waals surface area contributed by atoms with Crippen LogP contribution >= 0.6 is 0 Å². The van der Waals surface area contributed by atoms with Gasteiger partial charge in [0.2, 0.25) is 0 Å². The number of aliphatic carboxylic acids is 1. The molecule has 1 aromatic carbocycles. The van der Waals surface area contributed by atoms with Crippen molar-refractivity contribution in [2.24, 2.45) is 5.41 Å². The van der Waals surface area contributed by atoms with Crippen LogP contribution in [0.1, 0.15) is 26.3 Å². The van der Waals surface area contributed by atoms with E-state index in [1.807, 2.05) is 0 Å². The molecule has 0 radical (unpaired) electrons. The number of urea groups is 1. The number of hydrogen-bond donors (Lipinski definition) is 2. The van der Waals surface area contributed by atoms with Gasteiger partial charge < -0.3 is 15.3 Å². The van der Waals surface area contributed by atoms with Gasteiger partial charge >= 0.3 is 12.0 Å². The van der Waals surface area contributed by atoms with E-state index in [4.69, 9.17) is 0 Å². The lowest BCUT2D eigenvalue weighted by molar-refractivity contribution is -0.142. The van der Waals surface area contributed by atoms with Gasteiger partial charge in [-0.05, 0) is 11.5 Å². The predicted octanol–water partition coefficient (Wildman–Crippen LogP) is 2.47. The van der Waals surface area contributed by atoms with E-state index in [0.717, 1.165) is 0 Å². The van der Waals surface area contributed by atoms with Crippen LogP contribution in [0.2, 0.25) is 0 Å². The average Bonchev–Trinajstić information content (AvgIpc) is 2.36. The predicted molar refractivity (Wildman–Crippen MR) is 77.3 cm³/mol. The van der Waals surface area contributed by atoms with Crippen molar-refractivity contribution < 1.29 is 19.1 Å². The van der Waals surface area contributed by atoms with Gasteiger partial charge in [0.1, 0.15) is 11.9 Å². The first-order valence-corrected chi connectivity index (χ1v) is 6.60. The van der Waals surface area contributed by atoms with Crippen molar-refractivity contribution in [2.45, 2.75) is 33.4 Å². The van der Waals surface area contributed by atoms with Crippen molar-refractivity contribution in [1.82, 2.24) is 10.2 Å². The van der Waals surface area contributed by atoms with Gasteiger partial charge in [0.05, 0.1) is 0 Å². The van der Waals surface area contributed by atoms with Gasteiger partial charge in [-0.1, -0.05) is 39.0 Å². The van der Waals surface area contributed by atoms with Crippen LogP contribution in [0.5, 0.6) is 0 Å². The zero-order valence-corrected chi connectivity index (χ0v) is 12.7. The molecule has 0 fully saturated rings. The average molecular weight is 296 g/mol. The van der Waals surface area contributed by atoms with Crippen molar-refractivity contribution in [1.29, 1.82) is 0 Å². The van der Waals surface area contributed by atoms with E-state index >= 15 is 0 Å². The summed E-state index contributed by atoms with van der Waals surface area (Å²) in [4.78, 5) is 24.5. The minimum absolute atomic E-state index is 0.0645. The van der Waals surface area contributed by atoms with Gasteiger partial charge in [-0.15, -0.1) is 0 Å². The number of nitrogens with one attached hydrogen (secondary N) is 1. The second-order valence-corrected chi connectivity index (χ2v) is 6.03. The first-order valence-electron chi connectivity index (χ1n) is 6.60. The first-order chi connectivity index (χ1) is 9.62. The highest BCUT2D eigenvalue weighted by Crippen LogP contribution is 2.19. The molecule has 0 aliphatic heterocycles. The maximum absolute atomic E-state index is 13.5. The molecule has 1 atom stereocenters. The molecule has 0 aromatic heterocycles. The summed E-state index contributed by atoms with van der Waals surface area (Å²) in [5, 5.41) is 11.6. The van der Waals surface area contributed by atoms with Crippen LogP contribution in [-0.4, -0.2) is 35.1 Å². The molecule has 2 amide bonds. The quantitative estimate of drug-likeness (QED) is 0.896. The highest BCUT2D eigenvalue weighted by atomic mass is 19.1. The molecule has 116 valence electrons. The van der Waals surface area contributed by atoms with Gasteiger partial charge in [-0.3, -0.25) is 0 Å². The Morgan fingerprint density at radius 3 is 2.38 bits per heavy atom. The highest BCUT2D eigenvalue weighted by molar-refractivity contribution is 5.83. The molecule has 0 bridgehead atoms. The van der Waals surface area contributed by atoms with Gasteiger partial charge in [-0.25, -0.2) is 14.0 Å². The Bertz CT molecular complexity index is 526. The number of carbonyl (C=O) groups excluding carboxylic acids is 1. The lowest BCUT2D eigenvalue weighted by atomic mass is 9.87. The molecule has 0 saturated heterocycles. The third kappa shape index (κ3) is 4.73. The molecule has 0 saturated carbocycles. The van der Waals surface area contributed by atoms with E-state index < -0.39 is 29.3 Å². The molecule has 0 aliphatic rings. The minimum Gasteiger partial charge on any atom is -0.480 e. The normalized spacial score (nSPS) is 12.6. The molecule has 0 heterocycles. The molecule has 6 heteroatoms. The van der Waals surface area contributed by atoms with Crippen molar-refractivity contribution in [3.63, 3.8) is 0 Å². The lowest BCUT2D eigenvalue weighted by Crippen LogP contribution is -2.52. The van der Waals surface area contributed by atoms with E-state index in [2.05, 4.69) is 5.32 Å². The zero-order valence-electron chi connectivity index (χ0n) is 12.7. The monoisotopic (exact) mass is 296 g/mol. The number of carboxylic acids is 1. The maximum atomic E-state index is 13.5. The van der Waals surface area contributed by atoms with Crippen molar-refractivity contribution in [3.05, 3.63) is 35.6 Å². The Hall–Kier alpha value is -2.11. The van der Waals surface area contributed by atoms with Crippen LogP contribution in [0.4, 0.5) is 9.18 Å². The molecule has 0 spiro atoms. The second kappa shape index (κ2) is 6.56. The van der Waals surface area contributed by atoms with Crippen molar-refractivity contribution in [3.8, 4) is 0 Å². The number of amides is 2. The number of carboxylic acid groups (broad SMARTS) is 1. The Labute approximate surface area is 123 Å². The smallest absolute Gasteiger partial charge is 0.326 e. The van der Waals surface area contributed by atoms with Crippen LogP contribution < -0.4 is 5.32 Å². The van der Waals surface area contributed by atoms with Crippen LogP contribution in [0.15, 0.2) is 24.3 Å². The number of rotatable bonds is 4. The number of halogens is 1. The Kier molecular flexibility index (Phi) is 5.29. The van der Waals surface area contributed by atoms with Crippen molar-refractivity contribution >= 4 is 12.0 Å². The maximum Gasteiger partial charge on any atom is 0.326 e. The lowest BCUT2D eigenvalue weighted by Gasteiger charge is -2.29. The summed E-state index contributed by atoms with van der Waals surface area (Å²) in [5.41, 5.74) is -0.252. The fourth-order valence-corrected chi connectivity index (χ4v) is 1.84. The summed E-state index contributed by atoms with van der Waals surface area (Å²) >= 11 is 0. The van der Waals surface area contributed by atoms with Crippen LogP contribution in [0, 0.1) is 11.2 Å². The summed E-state index contributed by atoms with van der Waals surface area (Å²) < 4.78 is 13.5. The molecule has 1 unspecified atom stereocenters. The number of nitrogens with zero attached hydrogens (tertiary/aromatic N) is 1. The molecular formula is C15H21FN2O3. The fourth-order valence-electron chi connectivity index (χ4n) is 1.84. The summed E-state index contributed by atoms with van der Waals surface area (Å²) in [7, 11) is 1.49. The summed E-state index contributed by atoms with van der Waals surface area (Å²) in [6, 6.07) is 4.57. The van der Waals surface area contributed by atoms with Crippen molar-refractivity contribution in [2.75, 3.05) is 7.05 Å². The molecular weight excluding hydrogens is 275 g/mol. The third-order valence-corrected chi connectivity index (χ3v) is 3.09. The number of hydrogen-bond acceptors (Lipinski definition) is 2.